The van der Waals surface area contributed by atoms with E-state index in [0.717, 1.165) is 109 Å². The van der Waals surface area contributed by atoms with E-state index in [1.54, 1.807) is 0 Å². The van der Waals surface area contributed by atoms with Crippen LogP contribution in [0.15, 0.2) is 134 Å². The fourth-order valence-electron chi connectivity index (χ4n) is 6.70. The first-order valence-electron chi connectivity index (χ1n) is 26.7. The monoisotopic (exact) mass is 925 g/mol. The molecule has 6 heteroatoms. The molecule has 67 heavy (non-hydrogen) atoms. The minimum atomic E-state index is -0.841. The molecule has 0 aromatic carbocycles. The second-order valence-corrected chi connectivity index (χ2v) is 17.0. The Morgan fingerprint density at radius 3 is 1.04 bits per heavy atom. The predicted octanol–water partition coefficient (Wildman–Crippen LogP) is 17.9. The molecule has 0 saturated carbocycles. The molecule has 0 bridgehead atoms. The Labute approximate surface area is 411 Å². The third-order valence-corrected chi connectivity index (χ3v) is 10.6. The lowest BCUT2D eigenvalue weighted by atomic mass is 10.1. The fourth-order valence-corrected chi connectivity index (χ4v) is 6.70. The van der Waals surface area contributed by atoms with E-state index in [-0.39, 0.29) is 44.0 Å². The van der Waals surface area contributed by atoms with Crippen LogP contribution in [0, 0.1) is 0 Å². The molecule has 0 N–H and O–H groups in total. The molecule has 0 spiro atoms. The van der Waals surface area contributed by atoms with Gasteiger partial charge >= 0.3 is 17.9 Å². The summed E-state index contributed by atoms with van der Waals surface area (Å²) in [5.74, 6) is -1.08. The number of hydrogen-bond donors (Lipinski definition) is 0. The summed E-state index contributed by atoms with van der Waals surface area (Å²) >= 11 is 0. The van der Waals surface area contributed by atoms with Gasteiger partial charge < -0.3 is 14.2 Å². The molecular weight excluding hydrogens is 829 g/mol. The maximum atomic E-state index is 12.8. The van der Waals surface area contributed by atoms with Crippen LogP contribution in [0.25, 0.3) is 0 Å². The van der Waals surface area contributed by atoms with Crippen LogP contribution in [-0.4, -0.2) is 37.2 Å². The van der Waals surface area contributed by atoms with Gasteiger partial charge in [-0.15, -0.1) is 0 Å². The van der Waals surface area contributed by atoms with Gasteiger partial charge in [0.25, 0.3) is 0 Å². The van der Waals surface area contributed by atoms with E-state index in [1.165, 1.54) is 51.4 Å². The van der Waals surface area contributed by atoms with Gasteiger partial charge in [-0.05, 0) is 116 Å². The van der Waals surface area contributed by atoms with Gasteiger partial charge in [0, 0.05) is 19.3 Å². The molecule has 0 aromatic heterocycles. The van der Waals surface area contributed by atoms with Crippen molar-refractivity contribution in [3.8, 4) is 0 Å². The highest BCUT2D eigenvalue weighted by Crippen LogP contribution is 2.12. The van der Waals surface area contributed by atoms with E-state index < -0.39 is 6.10 Å². The van der Waals surface area contributed by atoms with Crippen molar-refractivity contribution in [1.82, 2.24) is 0 Å². The molecular formula is C61H96O6. The average Bonchev–Trinajstić information content (AvgIpc) is 3.33. The SMILES string of the molecule is CC/C=C/C/C=C/C/C=C/C/C=C/C/C=C/CCCC(=O)OC(COC(=O)CC/C=C/C/C=C/CCCCCCCC)COC(=O)CCCCCCCC/C=C/C/C=C/C/C=C/C/C=C/CC. The summed E-state index contributed by atoms with van der Waals surface area (Å²) in [4.78, 5) is 38.0. The molecule has 376 valence electrons. The Hall–Kier alpha value is -4.45. The highest BCUT2D eigenvalue weighted by atomic mass is 16.6. The Balaban J connectivity index is 4.57. The van der Waals surface area contributed by atoms with Crippen LogP contribution >= 0.6 is 0 Å². The zero-order chi connectivity index (χ0) is 48.6. The van der Waals surface area contributed by atoms with Crippen LogP contribution in [0.3, 0.4) is 0 Å². The van der Waals surface area contributed by atoms with Gasteiger partial charge in [0.1, 0.15) is 13.2 Å². The van der Waals surface area contributed by atoms with E-state index in [0.29, 0.717) is 19.3 Å². The summed E-state index contributed by atoms with van der Waals surface area (Å²) in [5.41, 5.74) is 0. The summed E-state index contributed by atoms with van der Waals surface area (Å²) in [6.45, 7) is 6.27. The molecule has 1 unspecified atom stereocenters. The molecule has 0 amide bonds. The average molecular weight is 925 g/mol. The Morgan fingerprint density at radius 2 is 0.627 bits per heavy atom. The second kappa shape index (κ2) is 54.2. The van der Waals surface area contributed by atoms with Crippen LogP contribution in [0.1, 0.15) is 213 Å². The van der Waals surface area contributed by atoms with Crippen LogP contribution in [-0.2, 0) is 28.6 Å². The van der Waals surface area contributed by atoms with Gasteiger partial charge in [-0.1, -0.05) is 212 Å². The van der Waals surface area contributed by atoms with Crippen molar-refractivity contribution in [2.45, 2.75) is 219 Å². The first kappa shape index (κ1) is 62.5. The predicted molar refractivity (Wildman–Crippen MR) is 288 cm³/mol. The first-order valence-corrected chi connectivity index (χ1v) is 26.7. The van der Waals surface area contributed by atoms with Crippen molar-refractivity contribution in [2.75, 3.05) is 13.2 Å². The topological polar surface area (TPSA) is 78.9 Å². The minimum absolute atomic E-state index is 0.130. The number of ether oxygens (including phenoxy) is 3. The Bertz CT molecular complexity index is 1480. The lowest BCUT2D eigenvalue weighted by Crippen LogP contribution is -2.30. The number of rotatable bonds is 46. The summed E-state index contributed by atoms with van der Waals surface area (Å²) in [7, 11) is 0. The van der Waals surface area contributed by atoms with Crippen LogP contribution in [0.4, 0.5) is 0 Å². The molecule has 0 aromatic rings. The molecule has 0 heterocycles. The lowest BCUT2D eigenvalue weighted by Gasteiger charge is -2.18. The second-order valence-electron chi connectivity index (χ2n) is 17.0. The molecule has 1 atom stereocenters. The van der Waals surface area contributed by atoms with E-state index in [9.17, 15) is 14.4 Å². The number of carbonyl (C=O) groups is 3. The van der Waals surface area contributed by atoms with Crippen LogP contribution in [0.2, 0.25) is 0 Å². The van der Waals surface area contributed by atoms with Crippen LogP contribution < -0.4 is 0 Å². The summed E-state index contributed by atoms with van der Waals surface area (Å²) < 4.78 is 16.7. The normalized spacial score (nSPS) is 13.2. The van der Waals surface area contributed by atoms with E-state index in [4.69, 9.17) is 14.2 Å². The highest BCUT2D eigenvalue weighted by Gasteiger charge is 2.19. The van der Waals surface area contributed by atoms with Gasteiger partial charge in [-0.2, -0.15) is 0 Å². The van der Waals surface area contributed by atoms with Crippen LogP contribution in [0.5, 0.6) is 0 Å². The van der Waals surface area contributed by atoms with E-state index in [1.807, 2.05) is 6.08 Å². The maximum Gasteiger partial charge on any atom is 0.306 e. The van der Waals surface area contributed by atoms with Crippen molar-refractivity contribution in [3.63, 3.8) is 0 Å². The summed E-state index contributed by atoms with van der Waals surface area (Å²) in [6.07, 6.45) is 76.0. The lowest BCUT2D eigenvalue weighted by molar-refractivity contribution is -0.166. The number of hydrogen-bond acceptors (Lipinski definition) is 6. The summed E-state index contributed by atoms with van der Waals surface area (Å²) in [6, 6.07) is 0. The molecule has 0 aliphatic rings. The molecule has 0 radical (unpaired) electrons. The molecule has 0 rings (SSSR count). The van der Waals surface area contributed by atoms with Gasteiger partial charge in [0.2, 0.25) is 0 Å². The maximum absolute atomic E-state index is 12.8. The van der Waals surface area contributed by atoms with Crippen molar-refractivity contribution < 1.29 is 28.6 Å². The van der Waals surface area contributed by atoms with Crippen molar-refractivity contribution in [3.05, 3.63) is 134 Å². The van der Waals surface area contributed by atoms with E-state index >= 15 is 0 Å². The fraction of sp³-hybridized carbons (Fsp3) is 0.590. The number of carbonyl (C=O) groups excluding carboxylic acids is 3. The van der Waals surface area contributed by atoms with Gasteiger partial charge in [-0.25, -0.2) is 0 Å². The largest absolute Gasteiger partial charge is 0.462 e. The number of allylic oxidation sites excluding steroid dienone is 22. The third kappa shape index (κ3) is 52.4. The number of unbranched alkanes of at least 4 members (excludes halogenated alkanes) is 13. The highest BCUT2D eigenvalue weighted by molar-refractivity contribution is 5.71. The van der Waals surface area contributed by atoms with Gasteiger partial charge in [0.15, 0.2) is 6.10 Å². The van der Waals surface area contributed by atoms with Crippen molar-refractivity contribution in [2.24, 2.45) is 0 Å². The Morgan fingerprint density at radius 1 is 0.313 bits per heavy atom. The van der Waals surface area contributed by atoms with Crippen molar-refractivity contribution in [1.29, 1.82) is 0 Å². The van der Waals surface area contributed by atoms with Gasteiger partial charge in [-0.3, -0.25) is 14.4 Å². The molecule has 0 fully saturated rings. The van der Waals surface area contributed by atoms with E-state index in [2.05, 4.69) is 148 Å². The molecule has 0 aliphatic heterocycles. The quantitative estimate of drug-likeness (QED) is 0.0262. The Kier molecular flexibility index (Phi) is 50.6. The zero-order valence-electron chi connectivity index (χ0n) is 42.9. The van der Waals surface area contributed by atoms with Gasteiger partial charge in [0.05, 0.1) is 0 Å². The summed E-state index contributed by atoms with van der Waals surface area (Å²) in [5, 5.41) is 0. The molecule has 0 saturated heterocycles. The smallest absolute Gasteiger partial charge is 0.306 e. The standard InChI is InChI=1S/C61H96O6/c1-4-7-10-13-16-19-22-25-27-29-30-32-33-36-39-42-45-48-51-54-60(63)66-57-58(56-65-59(62)53-50-47-44-41-38-35-24-21-18-15-12-9-6-3)67-61(64)55-52-49-46-43-40-37-34-31-28-26-23-20-17-14-11-8-5-2/h7-8,10-11,16-17,19-20,25-28,30,32,34-35,37-38,43-44,46-47,58H,4-6,9,12-15,18,21-24,29,31,33,36,39-42,45,48-57H2,1-3H3/b10-7+,11-8+,19-16+,20-17+,27-25+,28-26+,32-30+,37-34+,38-35+,46-43+,47-44+. The number of esters is 3. The first-order chi connectivity index (χ1) is 33.0. The third-order valence-electron chi connectivity index (χ3n) is 10.6. The zero-order valence-corrected chi connectivity index (χ0v) is 42.9. The molecule has 6 nitrogen and oxygen atoms in total. The van der Waals surface area contributed by atoms with Crippen molar-refractivity contribution >= 4 is 17.9 Å². The molecule has 0 aliphatic carbocycles. The minimum Gasteiger partial charge on any atom is -0.462 e.